The maximum atomic E-state index is 8.89. The summed E-state index contributed by atoms with van der Waals surface area (Å²) >= 11 is 0. The molecule has 0 amide bonds. The number of aliphatic carboxylic acids is 1. The van der Waals surface area contributed by atoms with Crippen molar-refractivity contribution in [2.45, 2.75) is 125 Å². The molecule has 0 saturated carbocycles. The van der Waals surface area contributed by atoms with Gasteiger partial charge in [-0.15, -0.1) is 0 Å². The molecule has 164 valence electrons. The Labute approximate surface area is 171 Å². The van der Waals surface area contributed by atoms with Crippen molar-refractivity contribution >= 4 is 5.97 Å². The Morgan fingerprint density at radius 3 is 1.22 bits per heavy atom. The van der Waals surface area contributed by atoms with Gasteiger partial charge in [0.25, 0.3) is 0 Å². The van der Waals surface area contributed by atoms with Crippen molar-refractivity contribution in [1.82, 2.24) is 0 Å². The van der Waals surface area contributed by atoms with Crippen LogP contribution >= 0.6 is 0 Å². The molecule has 0 spiro atoms. The van der Waals surface area contributed by atoms with Crippen molar-refractivity contribution in [2.75, 3.05) is 26.2 Å². The van der Waals surface area contributed by atoms with Gasteiger partial charge >= 0.3 is 0 Å². The molecule has 0 aromatic heterocycles. The molecular formula is C24H51NO2. The minimum Gasteiger partial charge on any atom is -0.550 e. The average Bonchev–Trinajstić information content (AvgIpc) is 2.65. The van der Waals surface area contributed by atoms with Crippen molar-refractivity contribution in [3.8, 4) is 0 Å². The number of hydrogen-bond acceptors (Lipinski definition) is 2. The molecule has 0 N–H and O–H groups in total. The molecule has 0 aromatic rings. The Hall–Kier alpha value is -0.570. The Morgan fingerprint density at radius 2 is 0.889 bits per heavy atom. The molecule has 0 radical (unpaired) electrons. The fourth-order valence-electron chi connectivity index (χ4n) is 3.75. The van der Waals surface area contributed by atoms with Crippen LogP contribution in [0, 0.1) is 0 Å². The number of carboxylic acids is 1. The van der Waals surface area contributed by atoms with Gasteiger partial charge in [0.15, 0.2) is 0 Å². The van der Waals surface area contributed by atoms with Crippen molar-refractivity contribution in [1.29, 1.82) is 0 Å². The largest absolute Gasteiger partial charge is 0.550 e. The van der Waals surface area contributed by atoms with Crippen molar-refractivity contribution < 1.29 is 14.4 Å². The highest BCUT2D eigenvalue weighted by Gasteiger charge is 2.21. The highest BCUT2D eigenvalue weighted by Crippen LogP contribution is 2.15. The summed E-state index contributed by atoms with van der Waals surface area (Å²) in [6.45, 7) is 15.9. The third-order valence-corrected chi connectivity index (χ3v) is 5.81. The first-order chi connectivity index (χ1) is 13.0. The van der Waals surface area contributed by atoms with Crippen LogP contribution in [0.15, 0.2) is 0 Å². The van der Waals surface area contributed by atoms with E-state index in [9.17, 15) is 0 Å². The maximum Gasteiger partial charge on any atom is 0.0786 e. The highest BCUT2D eigenvalue weighted by molar-refractivity contribution is 5.60. The van der Waals surface area contributed by atoms with E-state index in [1.165, 1.54) is 121 Å². The lowest BCUT2D eigenvalue weighted by atomic mass is 10.0. The van der Waals surface area contributed by atoms with Gasteiger partial charge in [-0.2, -0.15) is 0 Å². The fourth-order valence-corrected chi connectivity index (χ4v) is 3.75. The van der Waals surface area contributed by atoms with E-state index in [0.29, 0.717) is 0 Å². The van der Waals surface area contributed by atoms with E-state index in [2.05, 4.69) is 27.7 Å². The van der Waals surface area contributed by atoms with Crippen LogP contribution in [0.3, 0.4) is 0 Å². The van der Waals surface area contributed by atoms with Crippen molar-refractivity contribution in [3.63, 3.8) is 0 Å². The molecule has 0 aliphatic heterocycles. The smallest absolute Gasteiger partial charge is 0.0786 e. The van der Waals surface area contributed by atoms with Gasteiger partial charge in [-0.05, 0) is 40.0 Å². The summed E-state index contributed by atoms with van der Waals surface area (Å²) in [4.78, 5) is 8.89. The van der Waals surface area contributed by atoms with Crippen LogP contribution < -0.4 is 5.11 Å². The van der Waals surface area contributed by atoms with E-state index in [1.807, 2.05) is 0 Å². The summed E-state index contributed by atoms with van der Waals surface area (Å²) in [5, 5.41) is 8.89. The first-order valence-electron chi connectivity index (χ1n) is 12.0. The third kappa shape index (κ3) is 21.6. The van der Waals surface area contributed by atoms with Gasteiger partial charge in [0.1, 0.15) is 0 Å². The number of carboxylic acid groups (broad SMARTS) is 1. The Balaban J connectivity index is 0. The van der Waals surface area contributed by atoms with Gasteiger partial charge in [0.2, 0.25) is 0 Å². The van der Waals surface area contributed by atoms with Gasteiger partial charge in [0.05, 0.1) is 26.2 Å². The number of carbonyl (C=O) groups excluding carboxylic acids is 1. The maximum absolute atomic E-state index is 8.89. The predicted molar refractivity (Wildman–Crippen MR) is 118 cm³/mol. The Morgan fingerprint density at radius 1 is 0.593 bits per heavy atom. The minimum absolute atomic E-state index is 0.972. The number of quaternary nitrogens is 1. The topological polar surface area (TPSA) is 40.1 Å². The van der Waals surface area contributed by atoms with E-state index in [0.717, 1.165) is 6.92 Å². The lowest BCUT2D eigenvalue weighted by Gasteiger charge is -2.37. The summed E-state index contributed by atoms with van der Waals surface area (Å²) in [5.41, 5.74) is 0. The van der Waals surface area contributed by atoms with Gasteiger partial charge < -0.3 is 14.4 Å². The summed E-state index contributed by atoms with van der Waals surface area (Å²) in [6.07, 6.45) is 20.3. The van der Waals surface area contributed by atoms with Crippen molar-refractivity contribution in [3.05, 3.63) is 0 Å². The molecule has 3 nitrogen and oxygen atoms in total. The number of unbranched alkanes of at least 4 members (excludes halogenated alkanes) is 12. The molecule has 3 heteroatoms. The predicted octanol–water partition coefficient (Wildman–Crippen LogP) is 6.10. The molecule has 0 bridgehead atoms. The molecule has 0 rings (SSSR count). The van der Waals surface area contributed by atoms with Crippen LogP contribution in [-0.4, -0.2) is 36.6 Å². The molecule has 0 fully saturated rings. The van der Waals surface area contributed by atoms with Gasteiger partial charge in [-0.1, -0.05) is 84.5 Å². The standard InChI is InChI=1S/C22H48N.C2H4O2/c1-5-9-11-12-13-14-15-16-17-18-19-20-22-23(7-3,8-4)21-10-6-2;1-2(3)4/h5-22H2,1-4H3;1H3,(H,3,4)/q+1;/p-1. The van der Waals surface area contributed by atoms with Crippen LogP contribution in [-0.2, 0) is 4.79 Å². The molecule has 0 aliphatic carbocycles. The zero-order chi connectivity index (χ0) is 20.8. The summed E-state index contributed by atoms with van der Waals surface area (Å²) in [5.74, 6) is -1.08. The lowest BCUT2D eigenvalue weighted by molar-refractivity contribution is -0.925. The number of nitrogens with zero attached hydrogens (tertiary/aromatic N) is 1. The zero-order valence-electron chi connectivity index (χ0n) is 19.5. The number of rotatable bonds is 18. The van der Waals surface area contributed by atoms with Gasteiger partial charge in [0, 0.05) is 5.97 Å². The molecule has 0 saturated heterocycles. The third-order valence-electron chi connectivity index (χ3n) is 5.81. The molecule has 0 atom stereocenters. The van der Waals surface area contributed by atoms with Crippen LogP contribution in [0.5, 0.6) is 0 Å². The van der Waals surface area contributed by atoms with E-state index in [-0.39, 0.29) is 0 Å². The minimum atomic E-state index is -1.08. The normalized spacial score (nSPS) is 11.1. The molecule has 0 aliphatic rings. The molecular weight excluding hydrogens is 334 g/mol. The van der Waals surface area contributed by atoms with E-state index in [1.54, 1.807) is 0 Å². The summed E-state index contributed by atoms with van der Waals surface area (Å²) < 4.78 is 1.37. The number of carbonyl (C=O) groups is 1. The van der Waals surface area contributed by atoms with Gasteiger partial charge in [-0.25, -0.2) is 0 Å². The SMILES string of the molecule is CC(=O)[O-].CCCCCCCCCCCCCC[N+](CC)(CC)CCCC. The van der Waals surface area contributed by atoms with Crippen LogP contribution in [0.1, 0.15) is 125 Å². The summed E-state index contributed by atoms with van der Waals surface area (Å²) in [6, 6.07) is 0. The van der Waals surface area contributed by atoms with E-state index < -0.39 is 5.97 Å². The second kappa shape index (κ2) is 21.7. The lowest BCUT2D eigenvalue weighted by Crippen LogP contribution is -2.49. The average molecular weight is 386 g/mol. The number of hydrogen-bond donors (Lipinski definition) is 0. The molecule has 27 heavy (non-hydrogen) atoms. The monoisotopic (exact) mass is 385 g/mol. The van der Waals surface area contributed by atoms with E-state index >= 15 is 0 Å². The first-order valence-corrected chi connectivity index (χ1v) is 12.0. The Kier molecular flexibility index (Phi) is 23.0. The van der Waals surface area contributed by atoms with Gasteiger partial charge in [-0.3, -0.25) is 0 Å². The Bertz CT molecular complexity index is 297. The highest BCUT2D eigenvalue weighted by atomic mass is 16.4. The van der Waals surface area contributed by atoms with Crippen LogP contribution in [0.2, 0.25) is 0 Å². The second-order valence-electron chi connectivity index (χ2n) is 8.16. The van der Waals surface area contributed by atoms with Crippen molar-refractivity contribution in [2.24, 2.45) is 0 Å². The molecule has 0 unspecified atom stereocenters. The van der Waals surface area contributed by atoms with E-state index in [4.69, 9.17) is 9.90 Å². The quantitative estimate of drug-likeness (QED) is 0.211. The summed E-state index contributed by atoms with van der Waals surface area (Å²) in [7, 11) is 0. The zero-order valence-corrected chi connectivity index (χ0v) is 19.5. The van der Waals surface area contributed by atoms with Crippen LogP contribution in [0.4, 0.5) is 0 Å². The second-order valence-corrected chi connectivity index (χ2v) is 8.16. The molecule has 0 aromatic carbocycles. The fraction of sp³-hybridized carbons (Fsp3) is 0.958. The molecule has 0 heterocycles. The van der Waals surface area contributed by atoms with Crippen LogP contribution in [0.25, 0.3) is 0 Å². The first kappa shape index (κ1) is 28.6.